The highest BCUT2D eigenvalue weighted by molar-refractivity contribution is 5.85. The Morgan fingerprint density at radius 1 is 0.903 bits per heavy atom. The quantitative estimate of drug-likeness (QED) is 0.542. The van der Waals surface area contributed by atoms with Crippen LogP contribution in [0.25, 0.3) is 10.9 Å². The van der Waals surface area contributed by atoms with Gasteiger partial charge in [0, 0.05) is 61.2 Å². The second-order valence-corrected chi connectivity index (χ2v) is 8.88. The molecule has 2 aromatic carbocycles. The van der Waals surface area contributed by atoms with Crippen LogP contribution in [0.4, 0.5) is 0 Å². The number of hydrogen-bond acceptors (Lipinski definition) is 3. The normalized spacial score (nSPS) is 21.7. The van der Waals surface area contributed by atoms with Crippen LogP contribution in [0.3, 0.4) is 0 Å². The Bertz CT molecular complexity index is 1170. The first-order valence-corrected chi connectivity index (χ1v) is 11.4. The maximum absolute atomic E-state index is 4.15. The van der Waals surface area contributed by atoms with Crippen molar-refractivity contribution in [2.24, 2.45) is 0 Å². The molecule has 4 heterocycles. The van der Waals surface area contributed by atoms with Crippen LogP contribution in [-0.2, 0) is 12.8 Å². The van der Waals surface area contributed by atoms with Crippen molar-refractivity contribution in [2.75, 3.05) is 26.2 Å². The number of fused-ring (bicyclic) bond motifs is 4. The first kappa shape index (κ1) is 18.8. The largest absolute Gasteiger partial charge is 0.357 e. The van der Waals surface area contributed by atoms with Crippen LogP contribution in [0, 0.1) is 0 Å². The number of para-hydroxylation sites is 1. The van der Waals surface area contributed by atoms with Crippen LogP contribution in [-0.4, -0.2) is 52.0 Å². The van der Waals surface area contributed by atoms with Gasteiger partial charge in [0.1, 0.15) is 0 Å². The van der Waals surface area contributed by atoms with Gasteiger partial charge >= 0.3 is 0 Å². The number of nitrogens with one attached hydrogen (secondary N) is 1. The predicted molar refractivity (Wildman–Crippen MR) is 125 cm³/mol. The van der Waals surface area contributed by atoms with Crippen molar-refractivity contribution in [1.82, 2.24) is 19.8 Å². The van der Waals surface area contributed by atoms with E-state index in [1.54, 1.807) is 0 Å². The van der Waals surface area contributed by atoms with E-state index in [0.717, 1.165) is 39.0 Å². The lowest BCUT2D eigenvalue weighted by Crippen LogP contribution is -2.57. The summed E-state index contributed by atoms with van der Waals surface area (Å²) in [4.78, 5) is 13.3. The summed E-state index contributed by atoms with van der Waals surface area (Å²) in [7, 11) is 0. The molecule has 1 saturated heterocycles. The van der Waals surface area contributed by atoms with Gasteiger partial charge in [0.15, 0.2) is 0 Å². The second kappa shape index (κ2) is 7.95. The van der Waals surface area contributed by atoms with Crippen molar-refractivity contribution >= 4 is 10.9 Å². The molecule has 0 radical (unpaired) electrons. The first-order chi connectivity index (χ1) is 15.4. The van der Waals surface area contributed by atoms with E-state index in [-0.39, 0.29) is 0 Å². The van der Waals surface area contributed by atoms with Crippen molar-refractivity contribution in [3.05, 3.63) is 102 Å². The van der Waals surface area contributed by atoms with Gasteiger partial charge in [0.2, 0.25) is 0 Å². The van der Waals surface area contributed by atoms with E-state index in [1.807, 2.05) is 12.4 Å². The van der Waals surface area contributed by atoms with E-state index < -0.39 is 0 Å². The average molecular weight is 409 g/mol. The fourth-order valence-corrected chi connectivity index (χ4v) is 5.56. The zero-order valence-corrected chi connectivity index (χ0v) is 17.7. The number of piperazine rings is 1. The van der Waals surface area contributed by atoms with E-state index in [9.17, 15) is 0 Å². The van der Waals surface area contributed by atoms with Gasteiger partial charge in [-0.2, -0.15) is 0 Å². The van der Waals surface area contributed by atoms with Crippen LogP contribution in [0.1, 0.15) is 28.4 Å². The highest BCUT2D eigenvalue weighted by Gasteiger charge is 2.40. The fourth-order valence-electron chi connectivity index (χ4n) is 5.56. The number of rotatable bonds is 4. The van der Waals surface area contributed by atoms with Crippen LogP contribution in [0.2, 0.25) is 0 Å². The Hall–Kier alpha value is -2.95. The number of pyridine rings is 1. The van der Waals surface area contributed by atoms with E-state index in [0.29, 0.717) is 12.1 Å². The minimum Gasteiger partial charge on any atom is -0.357 e. The van der Waals surface area contributed by atoms with Gasteiger partial charge in [0.05, 0.1) is 6.04 Å². The summed E-state index contributed by atoms with van der Waals surface area (Å²) < 4.78 is 0. The molecular weight excluding hydrogens is 380 g/mol. The molecule has 0 bridgehead atoms. The maximum atomic E-state index is 4.15. The zero-order chi connectivity index (χ0) is 20.6. The minimum absolute atomic E-state index is 0.310. The summed E-state index contributed by atoms with van der Waals surface area (Å²) in [6.07, 6.45) is 6.01. The molecule has 4 aromatic rings. The van der Waals surface area contributed by atoms with Crippen LogP contribution >= 0.6 is 0 Å². The molecule has 2 aliphatic heterocycles. The van der Waals surface area contributed by atoms with Gasteiger partial charge in [-0.05, 0) is 47.7 Å². The second-order valence-electron chi connectivity index (χ2n) is 8.88. The lowest BCUT2D eigenvalue weighted by molar-refractivity contribution is 0.0430. The summed E-state index contributed by atoms with van der Waals surface area (Å²) in [5.74, 6) is 0. The molecule has 1 fully saturated rings. The molecule has 2 aliphatic rings. The Labute approximate surface area is 183 Å². The molecule has 0 aliphatic carbocycles. The smallest absolute Gasteiger partial charge is 0.0760 e. The minimum atomic E-state index is 0.310. The van der Waals surface area contributed by atoms with Crippen LogP contribution in [0.5, 0.6) is 0 Å². The molecule has 2 atom stereocenters. The molecule has 1 N–H and O–H groups in total. The highest BCUT2D eigenvalue weighted by atomic mass is 15.3. The summed E-state index contributed by atoms with van der Waals surface area (Å²) in [6, 6.07) is 25.0. The van der Waals surface area contributed by atoms with Crippen molar-refractivity contribution in [2.45, 2.75) is 24.9 Å². The SMILES string of the molecule is c1ccc([C@H]2c3[nH]c4ccccc4c3C[C@H]3CN(CCc4ccncc4)CCN32)cc1. The van der Waals surface area contributed by atoms with Gasteiger partial charge in [-0.1, -0.05) is 48.5 Å². The van der Waals surface area contributed by atoms with Crippen molar-refractivity contribution in [3.8, 4) is 0 Å². The lowest BCUT2D eigenvalue weighted by atomic mass is 9.86. The summed E-state index contributed by atoms with van der Waals surface area (Å²) in [5.41, 5.74) is 6.95. The molecule has 4 heteroatoms. The van der Waals surface area contributed by atoms with Gasteiger partial charge in [0.25, 0.3) is 0 Å². The molecule has 0 saturated carbocycles. The number of aromatic amines is 1. The standard InChI is InChI=1S/C27H28N4/c1-2-6-21(7-3-1)27-26-24(23-8-4-5-9-25(23)29-26)18-22-19-30(16-17-31(22)27)15-12-20-10-13-28-14-11-20/h1-11,13-14,22,27,29H,12,15-19H2/t22-,27-/m0/s1. The summed E-state index contributed by atoms with van der Waals surface area (Å²) in [6.45, 7) is 4.48. The molecule has 156 valence electrons. The fraction of sp³-hybridized carbons (Fsp3) is 0.296. The highest BCUT2D eigenvalue weighted by Crippen LogP contribution is 2.41. The first-order valence-electron chi connectivity index (χ1n) is 11.4. The molecule has 31 heavy (non-hydrogen) atoms. The van der Waals surface area contributed by atoms with E-state index in [2.05, 4.69) is 86.5 Å². The van der Waals surface area contributed by atoms with Crippen molar-refractivity contribution in [1.29, 1.82) is 0 Å². The Morgan fingerprint density at radius 2 is 1.71 bits per heavy atom. The van der Waals surface area contributed by atoms with E-state index >= 15 is 0 Å². The van der Waals surface area contributed by atoms with Gasteiger partial charge in [-0.25, -0.2) is 0 Å². The van der Waals surface area contributed by atoms with Crippen LogP contribution in [0.15, 0.2) is 79.1 Å². The molecule has 6 rings (SSSR count). The van der Waals surface area contributed by atoms with Gasteiger partial charge < -0.3 is 9.88 Å². The topological polar surface area (TPSA) is 35.2 Å². The van der Waals surface area contributed by atoms with Crippen LogP contribution < -0.4 is 0 Å². The van der Waals surface area contributed by atoms with Crippen molar-refractivity contribution in [3.63, 3.8) is 0 Å². The van der Waals surface area contributed by atoms with E-state index in [4.69, 9.17) is 0 Å². The van der Waals surface area contributed by atoms with Crippen molar-refractivity contribution < 1.29 is 0 Å². The summed E-state index contributed by atoms with van der Waals surface area (Å²) >= 11 is 0. The Balaban J connectivity index is 1.31. The Kier molecular flexibility index (Phi) is 4.82. The third-order valence-corrected chi connectivity index (χ3v) is 7.09. The lowest BCUT2D eigenvalue weighted by Gasteiger charge is -2.48. The maximum Gasteiger partial charge on any atom is 0.0760 e. The number of nitrogens with zero attached hydrogens (tertiary/aromatic N) is 3. The van der Waals surface area contributed by atoms with Gasteiger partial charge in [-0.15, -0.1) is 0 Å². The molecule has 2 aromatic heterocycles. The Morgan fingerprint density at radius 3 is 2.58 bits per heavy atom. The average Bonchev–Trinajstić information content (AvgIpc) is 3.20. The number of H-pyrrole nitrogens is 1. The zero-order valence-electron chi connectivity index (χ0n) is 17.7. The molecule has 0 spiro atoms. The monoisotopic (exact) mass is 408 g/mol. The number of aromatic nitrogens is 2. The third-order valence-electron chi connectivity index (χ3n) is 7.09. The summed E-state index contributed by atoms with van der Waals surface area (Å²) in [5, 5.41) is 1.40. The third kappa shape index (κ3) is 3.46. The van der Waals surface area contributed by atoms with Gasteiger partial charge in [-0.3, -0.25) is 9.88 Å². The molecule has 4 nitrogen and oxygen atoms in total. The molecule has 0 unspecified atom stereocenters. The molecular formula is C27H28N4. The number of benzene rings is 2. The number of hydrogen-bond donors (Lipinski definition) is 1. The molecule has 0 amide bonds. The predicted octanol–water partition coefficient (Wildman–Crippen LogP) is 4.44. The van der Waals surface area contributed by atoms with E-state index in [1.165, 1.54) is 33.3 Å².